The largest absolute Gasteiger partial charge is 0.490 e. The van der Waals surface area contributed by atoms with E-state index in [1.165, 1.54) is 44.7 Å². The van der Waals surface area contributed by atoms with E-state index in [1.807, 2.05) is 36.4 Å². The normalized spacial score (nSPS) is 20.2. The van der Waals surface area contributed by atoms with Gasteiger partial charge in [0.25, 0.3) is 0 Å². The number of carboxylic acid groups (broad SMARTS) is 1. The first-order valence-electron chi connectivity index (χ1n) is 14.0. The van der Waals surface area contributed by atoms with Crippen LogP contribution in [0.3, 0.4) is 0 Å². The molecule has 0 radical (unpaired) electrons. The fourth-order valence-corrected chi connectivity index (χ4v) is 6.09. The van der Waals surface area contributed by atoms with E-state index in [0.29, 0.717) is 23.0 Å². The van der Waals surface area contributed by atoms with Crippen molar-refractivity contribution in [2.45, 2.75) is 63.4 Å². The second kappa shape index (κ2) is 10.7. The van der Waals surface area contributed by atoms with Gasteiger partial charge in [0.15, 0.2) is 0 Å². The average molecular weight is 539 g/mol. The fraction of sp³-hybridized carbons (Fsp3) is 0.387. The van der Waals surface area contributed by atoms with Gasteiger partial charge in [0.2, 0.25) is 0 Å². The van der Waals surface area contributed by atoms with Crippen LogP contribution in [-0.2, 0) is 7.05 Å². The van der Waals surface area contributed by atoms with Crippen LogP contribution in [0, 0.1) is 11.3 Å². The average Bonchev–Trinajstić information content (AvgIpc) is 3.26. The zero-order valence-corrected chi connectivity index (χ0v) is 22.8. The van der Waals surface area contributed by atoms with Gasteiger partial charge in [-0.2, -0.15) is 5.10 Å². The quantitative estimate of drug-likeness (QED) is 0.265. The summed E-state index contributed by atoms with van der Waals surface area (Å²) < 4.78 is 9.66. The predicted molar refractivity (Wildman–Crippen MR) is 151 cm³/mol. The summed E-state index contributed by atoms with van der Waals surface area (Å²) in [7, 11) is 1.77. The van der Waals surface area contributed by atoms with E-state index in [4.69, 9.17) is 10.1 Å². The molecule has 2 saturated carbocycles. The van der Waals surface area contributed by atoms with Crippen LogP contribution in [0.1, 0.15) is 79.0 Å². The van der Waals surface area contributed by atoms with Gasteiger partial charge >= 0.3 is 5.97 Å². The van der Waals surface area contributed by atoms with Crippen LogP contribution in [0.5, 0.6) is 5.75 Å². The van der Waals surface area contributed by atoms with Gasteiger partial charge in [-0.25, -0.2) is 9.48 Å². The Hall–Kier alpha value is -4.27. The van der Waals surface area contributed by atoms with Gasteiger partial charge in [-0.05, 0) is 61.1 Å². The molecule has 40 heavy (non-hydrogen) atoms. The second-order valence-corrected chi connectivity index (χ2v) is 11.0. The van der Waals surface area contributed by atoms with Crippen LogP contribution in [0.25, 0.3) is 16.8 Å². The van der Waals surface area contributed by atoms with Crippen LogP contribution in [0.4, 0.5) is 0 Å². The number of carboxylic acids is 1. The summed E-state index contributed by atoms with van der Waals surface area (Å²) in [4.78, 5) is 12.1. The molecule has 9 nitrogen and oxygen atoms in total. The van der Waals surface area contributed by atoms with Gasteiger partial charge in [0.1, 0.15) is 11.3 Å². The summed E-state index contributed by atoms with van der Waals surface area (Å²) in [6.45, 7) is 2.19. The Labute approximate surface area is 233 Å². The molecule has 2 heterocycles. The van der Waals surface area contributed by atoms with Gasteiger partial charge in [0, 0.05) is 19.0 Å². The Morgan fingerprint density at radius 2 is 1.77 bits per heavy atom. The number of benzene rings is 2. The summed E-state index contributed by atoms with van der Waals surface area (Å²) in [6, 6.07) is 16.0. The van der Waals surface area contributed by atoms with Crippen molar-refractivity contribution >= 4 is 11.7 Å². The molecular formula is C31H34N6O3. The van der Waals surface area contributed by atoms with Crippen LogP contribution in [0.15, 0.2) is 60.9 Å². The minimum absolute atomic E-state index is 0.0921. The lowest BCUT2D eigenvalue weighted by Gasteiger charge is -2.24. The van der Waals surface area contributed by atoms with Crippen molar-refractivity contribution in [1.82, 2.24) is 24.8 Å². The lowest BCUT2D eigenvalue weighted by molar-refractivity contribution is 0.0695. The molecule has 0 aliphatic heterocycles. The number of aromatic carboxylic acids is 1. The molecule has 2 aliphatic carbocycles. The Morgan fingerprint density at radius 3 is 2.48 bits per heavy atom. The molecule has 2 fully saturated rings. The van der Waals surface area contributed by atoms with Crippen LogP contribution in [-0.4, -0.2) is 47.7 Å². The number of hydrogen-bond donors (Lipinski definition) is 2. The summed E-state index contributed by atoms with van der Waals surface area (Å²) in [5, 5.41) is 31.1. The summed E-state index contributed by atoms with van der Waals surface area (Å²) in [5.74, 6) is -0.359. The Morgan fingerprint density at radius 1 is 1.05 bits per heavy atom. The molecule has 9 heteroatoms. The van der Waals surface area contributed by atoms with E-state index >= 15 is 0 Å². The van der Waals surface area contributed by atoms with Crippen molar-refractivity contribution in [3.05, 3.63) is 77.9 Å². The van der Waals surface area contributed by atoms with E-state index in [2.05, 4.69) is 34.5 Å². The molecule has 0 spiro atoms. The Kier molecular flexibility index (Phi) is 6.96. The lowest BCUT2D eigenvalue weighted by Crippen LogP contribution is -2.23. The van der Waals surface area contributed by atoms with Crippen molar-refractivity contribution in [2.24, 2.45) is 13.0 Å². The maximum Gasteiger partial charge on any atom is 0.339 e. The van der Waals surface area contributed by atoms with E-state index in [9.17, 15) is 9.90 Å². The lowest BCUT2D eigenvalue weighted by atomic mass is 9.95. The number of ether oxygens (including phenoxy) is 1. The Balaban J connectivity index is 1.29. The van der Waals surface area contributed by atoms with Crippen molar-refractivity contribution in [1.29, 1.82) is 5.41 Å². The zero-order valence-electron chi connectivity index (χ0n) is 22.8. The van der Waals surface area contributed by atoms with Gasteiger partial charge < -0.3 is 15.3 Å². The van der Waals surface area contributed by atoms with Crippen LogP contribution < -0.4 is 4.74 Å². The summed E-state index contributed by atoms with van der Waals surface area (Å²) in [5.41, 5.74) is 4.36. The molecule has 0 saturated heterocycles. The second-order valence-electron chi connectivity index (χ2n) is 11.0. The highest BCUT2D eigenvalue weighted by molar-refractivity contribution is 6.12. The van der Waals surface area contributed by atoms with Gasteiger partial charge in [0.05, 0.1) is 41.2 Å². The van der Waals surface area contributed by atoms with Crippen molar-refractivity contribution in [3.63, 3.8) is 0 Å². The molecule has 2 aromatic heterocycles. The van der Waals surface area contributed by atoms with Crippen molar-refractivity contribution < 1.29 is 14.6 Å². The topological polar surface area (TPSA) is 119 Å². The maximum absolute atomic E-state index is 12.1. The van der Waals surface area contributed by atoms with E-state index in [0.717, 1.165) is 22.6 Å². The maximum atomic E-state index is 12.1. The molecular weight excluding hydrogens is 504 g/mol. The minimum Gasteiger partial charge on any atom is -0.490 e. The molecule has 6 rings (SSSR count). The van der Waals surface area contributed by atoms with Gasteiger partial charge in [-0.15, -0.1) is 5.10 Å². The predicted octanol–water partition coefficient (Wildman–Crippen LogP) is 6.00. The number of rotatable bonds is 8. The number of carbonyl (C=O) groups is 1. The van der Waals surface area contributed by atoms with Crippen molar-refractivity contribution in [2.75, 3.05) is 0 Å². The summed E-state index contributed by atoms with van der Waals surface area (Å²) >= 11 is 0. The molecule has 0 bridgehead atoms. The van der Waals surface area contributed by atoms with Crippen molar-refractivity contribution in [3.8, 4) is 22.6 Å². The number of nitrogens with one attached hydrogen (secondary N) is 1. The minimum atomic E-state index is -1.07. The van der Waals surface area contributed by atoms with E-state index < -0.39 is 11.9 Å². The standard InChI is InChI=1S/C31H34N6O3/c1-19(20-9-5-3-4-6-10-20)40-24-14-8-12-22(16-24)21-11-7-13-23(15-21)37-30(25(17-33-37)31(38)39)28-27(29(28)32)26-18-36(2)35-34-26/h7-8,11-20,27-28,32H,3-6,9-10H2,1-2H3,(H,38,39)/t19-,27-,28?/m1/s1. The Bertz CT molecular complexity index is 1550. The monoisotopic (exact) mass is 538 g/mol. The van der Waals surface area contributed by atoms with Crippen LogP contribution >= 0.6 is 0 Å². The number of nitrogens with zero attached hydrogens (tertiary/aromatic N) is 5. The third-order valence-electron chi connectivity index (χ3n) is 8.31. The highest BCUT2D eigenvalue weighted by atomic mass is 16.5. The highest BCUT2D eigenvalue weighted by Crippen LogP contribution is 2.51. The third kappa shape index (κ3) is 5.03. The van der Waals surface area contributed by atoms with Gasteiger partial charge in [-0.3, -0.25) is 4.68 Å². The molecule has 206 valence electrons. The highest BCUT2D eigenvalue weighted by Gasteiger charge is 2.52. The first kappa shape index (κ1) is 26.0. The SMILES string of the molecule is C[C@@H](Oc1cccc(-c2cccc(-n3ncc(C(=O)O)c3C3C(=N)[C@@H]3c3cn(C)nn3)c2)c1)C1CCCCCC1. The molecule has 2 aromatic carbocycles. The zero-order chi connectivity index (χ0) is 27.8. The van der Waals surface area contributed by atoms with E-state index in [1.54, 1.807) is 22.6 Å². The molecule has 1 unspecified atom stereocenters. The van der Waals surface area contributed by atoms with Gasteiger partial charge in [-0.1, -0.05) is 55.2 Å². The molecule has 3 atom stereocenters. The molecule has 4 aromatic rings. The fourth-order valence-electron chi connectivity index (χ4n) is 6.09. The molecule has 2 aliphatic rings. The third-order valence-corrected chi connectivity index (χ3v) is 8.31. The number of aromatic nitrogens is 5. The molecule has 0 amide bonds. The smallest absolute Gasteiger partial charge is 0.339 e. The first-order chi connectivity index (χ1) is 19.4. The molecule has 2 N–H and O–H groups in total. The number of aryl methyl sites for hydroxylation is 1. The van der Waals surface area contributed by atoms with E-state index in [-0.39, 0.29) is 17.6 Å². The first-order valence-corrected chi connectivity index (χ1v) is 14.0. The van der Waals surface area contributed by atoms with Crippen LogP contribution in [0.2, 0.25) is 0 Å². The summed E-state index contributed by atoms with van der Waals surface area (Å²) in [6.07, 6.45) is 11.0. The number of hydrogen-bond acceptors (Lipinski definition) is 6.